The van der Waals surface area contributed by atoms with Crippen molar-refractivity contribution in [2.24, 2.45) is 0 Å². The minimum absolute atomic E-state index is 0.0852. The lowest BCUT2D eigenvalue weighted by Gasteiger charge is -2.39. The first kappa shape index (κ1) is 23.5. The van der Waals surface area contributed by atoms with E-state index >= 15 is 0 Å². The molecule has 0 amide bonds. The number of sulfonamides is 1. The maximum atomic E-state index is 13.7. The van der Waals surface area contributed by atoms with Gasteiger partial charge in [-0.05, 0) is 36.6 Å². The van der Waals surface area contributed by atoms with Crippen LogP contribution >= 0.6 is 0 Å². The molecule has 6 nitrogen and oxygen atoms in total. The molecule has 2 heterocycles. The Bertz CT molecular complexity index is 1350. The first-order valence-electron chi connectivity index (χ1n) is 11.8. The van der Waals surface area contributed by atoms with Crippen LogP contribution in [0.3, 0.4) is 0 Å². The zero-order valence-corrected chi connectivity index (χ0v) is 20.8. The maximum absolute atomic E-state index is 13.7. The summed E-state index contributed by atoms with van der Waals surface area (Å²) in [4.78, 5) is 2.69. The highest BCUT2D eigenvalue weighted by Crippen LogP contribution is 2.32. The molecule has 0 aliphatic carbocycles. The van der Waals surface area contributed by atoms with Crippen molar-refractivity contribution in [1.82, 2.24) is 14.4 Å². The second kappa shape index (κ2) is 9.77. The van der Waals surface area contributed by atoms with E-state index in [4.69, 9.17) is 4.52 Å². The second-order valence-corrected chi connectivity index (χ2v) is 10.9. The zero-order valence-electron chi connectivity index (χ0n) is 20.0. The largest absolute Gasteiger partial charge is 0.356 e. The number of piperazine rings is 1. The molecule has 0 bridgehead atoms. The number of aryl methyl sites for hydroxylation is 2. The maximum Gasteiger partial charge on any atom is 0.243 e. The number of aromatic nitrogens is 1. The standard InChI is InChI=1S/C28H29N3O3S/c1-21-13-14-25(26-19-22(2)29-34-26)20-27(21)35(32,33)31-17-15-30(16-18-31)28(23-9-5-3-6-10-23)24-11-7-4-8-12-24/h3-14,19-20,28H,15-18H2,1-2H3. The molecule has 0 N–H and O–H groups in total. The Balaban J connectivity index is 1.39. The van der Waals surface area contributed by atoms with E-state index in [0.29, 0.717) is 42.4 Å². The van der Waals surface area contributed by atoms with Crippen LogP contribution in [0.5, 0.6) is 0 Å². The number of rotatable bonds is 6. The topological polar surface area (TPSA) is 66.7 Å². The first-order valence-corrected chi connectivity index (χ1v) is 13.3. The highest BCUT2D eigenvalue weighted by molar-refractivity contribution is 7.89. The molecule has 1 aromatic heterocycles. The van der Waals surface area contributed by atoms with Crippen LogP contribution in [0.1, 0.15) is 28.4 Å². The normalized spacial score (nSPS) is 15.5. The Labute approximate surface area is 206 Å². The summed E-state index contributed by atoms with van der Waals surface area (Å²) in [5, 5.41) is 3.93. The highest BCUT2D eigenvalue weighted by atomic mass is 32.2. The van der Waals surface area contributed by atoms with Crippen molar-refractivity contribution in [3.05, 3.63) is 107 Å². The van der Waals surface area contributed by atoms with Crippen LogP contribution in [0.4, 0.5) is 0 Å². The lowest BCUT2D eigenvalue weighted by molar-refractivity contribution is 0.156. The smallest absolute Gasteiger partial charge is 0.243 e. The fourth-order valence-electron chi connectivity index (χ4n) is 4.76. The van der Waals surface area contributed by atoms with Gasteiger partial charge in [-0.25, -0.2) is 8.42 Å². The summed E-state index contributed by atoms with van der Waals surface area (Å²) in [5.41, 5.74) is 4.61. The predicted octanol–water partition coefficient (Wildman–Crippen LogP) is 5.05. The summed E-state index contributed by atoms with van der Waals surface area (Å²) in [7, 11) is -3.65. The SMILES string of the molecule is Cc1cc(-c2ccc(C)c(S(=O)(=O)N3CCN(C(c4ccccc4)c4ccccc4)CC3)c2)on1. The van der Waals surface area contributed by atoms with Gasteiger partial charge in [0.25, 0.3) is 0 Å². The van der Waals surface area contributed by atoms with Crippen molar-refractivity contribution < 1.29 is 12.9 Å². The Hall–Kier alpha value is -3.26. The van der Waals surface area contributed by atoms with E-state index in [1.807, 2.05) is 44.2 Å². The van der Waals surface area contributed by atoms with Gasteiger partial charge < -0.3 is 4.52 Å². The minimum atomic E-state index is -3.65. The number of hydrogen-bond acceptors (Lipinski definition) is 5. The first-order chi connectivity index (χ1) is 16.9. The molecule has 0 radical (unpaired) electrons. The number of benzene rings is 3. The molecule has 35 heavy (non-hydrogen) atoms. The third kappa shape index (κ3) is 4.80. The van der Waals surface area contributed by atoms with Crippen LogP contribution in [0.15, 0.2) is 94.3 Å². The molecule has 0 saturated carbocycles. The molecule has 0 atom stereocenters. The molecule has 1 fully saturated rings. The molecule has 7 heteroatoms. The van der Waals surface area contributed by atoms with E-state index in [1.165, 1.54) is 11.1 Å². The Morgan fingerprint density at radius 3 is 1.94 bits per heavy atom. The van der Waals surface area contributed by atoms with Crippen LogP contribution < -0.4 is 0 Å². The van der Waals surface area contributed by atoms with Gasteiger partial charge in [-0.1, -0.05) is 78.0 Å². The van der Waals surface area contributed by atoms with Crippen molar-refractivity contribution in [1.29, 1.82) is 0 Å². The average Bonchev–Trinajstić information content (AvgIpc) is 3.32. The van der Waals surface area contributed by atoms with Crippen LogP contribution in [0.2, 0.25) is 0 Å². The van der Waals surface area contributed by atoms with Crippen molar-refractivity contribution in [2.75, 3.05) is 26.2 Å². The second-order valence-electron chi connectivity index (χ2n) is 8.98. The summed E-state index contributed by atoms with van der Waals surface area (Å²) < 4.78 is 34.3. The van der Waals surface area contributed by atoms with E-state index < -0.39 is 10.0 Å². The van der Waals surface area contributed by atoms with Crippen LogP contribution in [-0.4, -0.2) is 49.0 Å². The summed E-state index contributed by atoms with van der Waals surface area (Å²) in [6, 6.07) is 28.1. The van der Waals surface area contributed by atoms with Gasteiger partial charge in [-0.3, -0.25) is 4.90 Å². The quantitative estimate of drug-likeness (QED) is 0.381. The van der Waals surface area contributed by atoms with Crippen molar-refractivity contribution in [3.8, 4) is 11.3 Å². The number of nitrogens with zero attached hydrogens (tertiary/aromatic N) is 3. The lowest BCUT2D eigenvalue weighted by atomic mass is 9.96. The van der Waals surface area contributed by atoms with Gasteiger partial charge in [-0.2, -0.15) is 4.31 Å². The molecule has 0 spiro atoms. The van der Waals surface area contributed by atoms with E-state index in [-0.39, 0.29) is 6.04 Å². The van der Waals surface area contributed by atoms with E-state index in [2.05, 4.69) is 58.6 Å². The van der Waals surface area contributed by atoms with Gasteiger partial charge in [0, 0.05) is 37.8 Å². The van der Waals surface area contributed by atoms with Gasteiger partial charge in [-0.15, -0.1) is 0 Å². The summed E-state index contributed by atoms with van der Waals surface area (Å²) in [5.74, 6) is 0.567. The Morgan fingerprint density at radius 2 is 1.40 bits per heavy atom. The van der Waals surface area contributed by atoms with E-state index in [9.17, 15) is 8.42 Å². The van der Waals surface area contributed by atoms with Crippen LogP contribution in [-0.2, 0) is 10.0 Å². The third-order valence-electron chi connectivity index (χ3n) is 6.59. The molecule has 3 aromatic carbocycles. The molecule has 1 aliphatic rings. The van der Waals surface area contributed by atoms with Gasteiger partial charge >= 0.3 is 0 Å². The summed E-state index contributed by atoms with van der Waals surface area (Å²) in [6.45, 7) is 5.84. The van der Waals surface area contributed by atoms with Crippen LogP contribution in [0.25, 0.3) is 11.3 Å². The van der Waals surface area contributed by atoms with Gasteiger partial charge in [0.05, 0.1) is 16.6 Å². The molecular weight excluding hydrogens is 458 g/mol. The minimum Gasteiger partial charge on any atom is -0.356 e. The van der Waals surface area contributed by atoms with Crippen molar-refractivity contribution in [2.45, 2.75) is 24.8 Å². The average molecular weight is 488 g/mol. The van der Waals surface area contributed by atoms with E-state index in [1.54, 1.807) is 10.4 Å². The molecule has 0 unspecified atom stereocenters. The molecule has 180 valence electrons. The summed E-state index contributed by atoms with van der Waals surface area (Å²) in [6.07, 6.45) is 0. The predicted molar refractivity (Wildman–Crippen MR) is 136 cm³/mol. The van der Waals surface area contributed by atoms with Crippen molar-refractivity contribution >= 4 is 10.0 Å². The Morgan fingerprint density at radius 1 is 0.800 bits per heavy atom. The molecule has 1 saturated heterocycles. The molecular formula is C28H29N3O3S. The van der Waals surface area contributed by atoms with Gasteiger partial charge in [0.15, 0.2) is 5.76 Å². The Kier molecular flexibility index (Phi) is 6.56. The fourth-order valence-corrected chi connectivity index (χ4v) is 6.43. The molecule has 1 aliphatic heterocycles. The summed E-state index contributed by atoms with van der Waals surface area (Å²) >= 11 is 0. The highest BCUT2D eigenvalue weighted by Gasteiger charge is 2.33. The van der Waals surface area contributed by atoms with E-state index in [0.717, 1.165) is 11.3 Å². The lowest BCUT2D eigenvalue weighted by Crippen LogP contribution is -2.49. The third-order valence-corrected chi connectivity index (χ3v) is 8.63. The molecule has 5 rings (SSSR count). The number of hydrogen-bond donors (Lipinski definition) is 0. The van der Waals surface area contributed by atoms with Crippen molar-refractivity contribution in [3.63, 3.8) is 0 Å². The molecule has 4 aromatic rings. The van der Waals surface area contributed by atoms with Crippen LogP contribution in [0, 0.1) is 13.8 Å². The monoisotopic (exact) mass is 487 g/mol. The van der Waals surface area contributed by atoms with Gasteiger partial charge in [0.1, 0.15) is 0 Å². The fraction of sp³-hybridized carbons (Fsp3) is 0.250. The zero-order chi connectivity index (χ0) is 24.4. The van der Waals surface area contributed by atoms with Gasteiger partial charge in [0.2, 0.25) is 10.0 Å².